The summed E-state index contributed by atoms with van der Waals surface area (Å²) in [5.74, 6) is 0. The van der Waals surface area contributed by atoms with Gasteiger partial charge in [-0.05, 0) is 25.9 Å². The Morgan fingerprint density at radius 2 is 2.57 bits per heavy atom. The molecule has 2 nitrogen and oxygen atoms in total. The highest BCUT2D eigenvalue weighted by Crippen LogP contribution is 1.80. The summed E-state index contributed by atoms with van der Waals surface area (Å²) in [6.07, 6.45) is 0. The maximum absolute atomic E-state index is 3.94. The molecule has 0 aliphatic heterocycles. The first-order valence-electron chi connectivity index (χ1n) is 2.22. The van der Waals surface area contributed by atoms with Crippen LogP contribution in [0.15, 0.2) is 4.99 Å². The van der Waals surface area contributed by atoms with Gasteiger partial charge in [0.25, 0.3) is 0 Å². The second-order valence-electron chi connectivity index (χ2n) is 0.926. The molecule has 0 saturated carbocycles. The third kappa shape index (κ3) is 5.98. The minimum atomic E-state index is 0.870. The Bertz CT molecular complexity index is 53.7. The molecule has 0 aromatic carbocycles. The molecule has 0 radical (unpaired) electrons. The third-order valence-corrected chi connectivity index (χ3v) is 0.918. The predicted octanol–water partition coefficient (Wildman–Crippen LogP) is 0.902. The second kappa shape index (κ2) is 5.98. The van der Waals surface area contributed by atoms with Gasteiger partial charge in [-0.25, -0.2) is 0 Å². The lowest BCUT2D eigenvalue weighted by molar-refractivity contribution is 1.14. The largest absolute Gasteiger partial charge is 0.285 e. The van der Waals surface area contributed by atoms with Gasteiger partial charge in [0.2, 0.25) is 0 Å². The second-order valence-corrected chi connectivity index (χ2v) is 1.78. The van der Waals surface area contributed by atoms with E-state index >= 15 is 0 Å². The van der Waals surface area contributed by atoms with E-state index < -0.39 is 0 Å². The van der Waals surface area contributed by atoms with Gasteiger partial charge >= 0.3 is 0 Å². The van der Waals surface area contributed by atoms with Crippen LogP contribution in [-0.4, -0.2) is 19.1 Å². The lowest BCUT2D eigenvalue weighted by Crippen LogP contribution is -1.89. The van der Waals surface area contributed by atoms with E-state index in [4.69, 9.17) is 0 Å². The quantitative estimate of drug-likeness (QED) is 0.338. The van der Waals surface area contributed by atoms with Gasteiger partial charge in [-0.3, -0.25) is 9.71 Å². The van der Waals surface area contributed by atoms with Crippen molar-refractivity contribution in [2.24, 2.45) is 4.99 Å². The lowest BCUT2D eigenvalue weighted by Gasteiger charge is -1.82. The number of nitrogens with zero attached hydrogens (tertiary/aromatic N) is 1. The van der Waals surface area contributed by atoms with Crippen molar-refractivity contribution in [1.29, 1.82) is 0 Å². The zero-order valence-electron chi connectivity index (χ0n) is 4.64. The van der Waals surface area contributed by atoms with Gasteiger partial charge in [-0.2, -0.15) is 0 Å². The monoisotopic (exact) mass is 118 g/mol. The Hall–Kier alpha value is -0.0200. The van der Waals surface area contributed by atoms with Crippen molar-refractivity contribution in [2.75, 3.05) is 13.6 Å². The van der Waals surface area contributed by atoms with Gasteiger partial charge in [0.1, 0.15) is 0 Å². The molecule has 0 atom stereocenters. The number of aliphatic imine (C=N–C) groups is 1. The molecule has 0 rings (SSSR count). The van der Waals surface area contributed by atoms with Gasteiger partial charge in [0.15, 0.2) is 0 Å². The summed E-state index contributed by atoms with van der Waals surface area (Å²) < 4.78 is 2.87. The van der Waals surface area contributed by atoms with Crippen LogP contribution >= 0.6 is 11.9 Å². The molecule has 0 saturated heterocycles. The van der Waals surface area contributed by atoms with Crippen LogP contribution in [0.2, 0.25) is 0 Å². The summed E-state index contributed by atoms with van der Waals surface area (Å²) in [6.45, 7) is 2.88. The maximum Gasteiger partial charge on any atom is 0.0693 e. The molecule has 0 unspecified atom stereocenters. The predicted molar refractivity (Wildman–Crippen MR) is 35.7 cm³/mol. The fraction of sp³-hybridized carbons (Fsp3) is 0.750. The number of nitrogens with one attached hydrogen (secondary N) is 1. The lowest BCUT2D eigenvalue weighted by atomic mass is 10.8. The average molecular weight is 118 g/mol. The molecular formula is C4H10N2S. The van der Waals surface area contributed by atoms with Crippen molar-refractivity contribution in [3.63, 3.8) is 0 Å². The van der Waals surface area contributed by atoms with Gasteiger partial charge in [-0.1, -0.05) is 0 Å². The van der Waals surface area contributed by atoms with Gasteiger partial charge in [0.05, 0.1) is 5.55 Å². The van der Waals surface area contributed by atoms with Crippen molar-refractivity contribution in [3.8, 4) is 0 Å². The summed E-state index contributed by atoms with van der Waals surface area (Å²) in [6, 6.07) is 0. The Morgan fingerprint density at radius 1 is 1.86 bits per heavy atom. The van der Waals surface area contributed by atoms with E-state index in [1.165, 1.54) is 11.9 Å². The molecule has 0 aromatic heterocycles. The summed E-state index contributed by atoms with van der Waals surface area (Å²) in [5, 5.41) is 0. The first-order chi connectivity index (χ1) is 3.41. The number of hydrogen-bond donors (Lipinski definition) is 1. The number of hydrogen-bond acceptors (Lipinski definition) is 3. The molecule has 0 aromatic rings. The van der Waals surface area contributed by atoms with Crippen LogP contribution in [0.1, 0.15) is 6.92 Å². The van der Waals surface area contributed by atoms with Crippen molar-refractivity contribution in [1.82, 2.24) is 4.72 Å². The molecule has 0 aliphatic rings. The van der Waals surface area contributed by atoms with Gasteiger partial charge in [0, 0.05) is 6.54 Å². The molecule has 1 N–H and O–H groups in total. The topological polar surface area (TPSA) is 24.4 Å². The van der Waals surface area contributed by atoms with Crippen molar-refractivity contribution in [2.45, 2.75) is 6.92 Å². The van der Waals surface area contributed by atoms with E-state index in [2.05, 4.69) is 9.71 Å². The summed E-state index contributed by atoms with van der Waals surface area (Å²) >= 11 is 1.49. The fourth-order valence-corrected chi connectivity index (χ4v) is 0.494. The summed E-state index contributed by atoms with van der Waals surface area (Å²) in [5.41, 5.74) is 1.79. The summed E-state index contributed by atoms with van der Waals surface area (Å²) in [7, 11) is 1.87. The molecule has 42 valence electrons. The van der Waals surface area contributed by atoms with E-state index in [1.807, 2.05) is 14.0 Å². The highest BCUT2D eigenvalue weighted by atomic mass is 32.2. The van der Waals surface area contributed by atoms with Gasteiger partial charge in [-0.15, -0.1) is 0 Å². The smallest absolute Gasteiger partial charge is 0.0693 e. The van der Waals surface area contributed by atoms with Crippen molar-refractivity contribution in [3.05, 3.63) is 0 Å². The van der Waals surface area contributed by atoms with Crippen LogP contribution in [0.25, 0.3) is 0 Å². The molecule has 0 heterocycles. The highest BCUT2D eigenvalue weighted by Gasteiger charge is 1.66. The third-order valence-electron chi connectivity index (χ3n) is 0.428. The van der Waals surface area contributed by atoms with E-state index in [1.54, 1.807) is 5.55 Å². The van der Waals surface area contributed by atoms with Crippen LogP contribution in [0, 0.1) is 0 Å². The number of rotatable bonds is 3. The Labute approximate surface area is 48.5 Å². The van der Waals surface area contributed by atoms with Crippen LogP contribution in [0.4, 0.5) is 0 Å². The maximum atomic E-state index is 3.94. The first kappa shape index (κ1) is 6.98. The molecule has 3 heteroatoms. The Kier molecular flexibility index (Phi) is 5.96. The molecule has 0 bridgehead atoms. The standard InChI is InChI=1S/C4H10N2S/c1-3-6-4-7-5-2/h4-5H,3H2,1-2H3. The van der Waals surface area contributed by atoms with Crippen molar-refractivity contribution >= 4 is 17.5 Å². The van der Waals surface area contributed by atoms with E-state index in [9.17, 15) is 0 Å². The van der Waals surface area contributed by atoms with Crippen molar-refractivity contribution < 1.29 is 0 Å². The van der Waals surface area contributed by atoms with E-state index in [-0.39, 0.29) is 0 Å². The molecule has 0 spiro atoms. The molecule has 7 heavy (non-hydrogen) atoms. The van der Waals surface area contributed by atoms with Crippen LogP contribution in [-0.2, 0) is 0 Å². The fourth-order valence-electron chi connectivity index (χ4n) is 0.165. The molecule has 0 amide bonds. The first-order valence-corrected chi connectivity index (χ1v) is 3.10. The highest BCUT2D eigenvalue weighted by molar-refractivity contribution is 8.10. The van der Waals surface area contributed by atoms with Crippen LogP contribution < -0.4 is 4.72 Å². The van der Waals surface area contributed by atoms with Crippen LogP contribution in [0.5, 0.6) is 0 Å². The summed E-state index contributed by atoms with van der Waals surface area (Å²) in [4.78, 5) is 3.94. The Balaban J connectivity index is 2.78. The van der Waals surface area contributed by atoms with Gasteiger partial charge < -0.3 is 0 Å². The SMILES string of the molecule is CCN=CSNC. The molecule has 0 aliphatic carbocycles. The normalized spacial score (nSPS) is 10.6. The molecular weight excluding hydrogens is 108 g/mol. The van der Waals surface area contributed by atoms with E-state index in [0.717, 1.165) is 6.54 Å². The molecule has 0 fully saturated rings. The zero-order chi connectivity index (χ0) is 5.54. The van der Waals surface area contributed by atoms with E-state index in [0.29, 0.717) is 0 Å². The Morgan fingerprint density at radius 3 is 3.00 bits per heavy atom. The minimum Gasteiger partial charge on any atom is -0.285 e. The average Bonchev–Trinajstić information content (AvgIpc) is 1.69. The zero-order valence-corrected chi connectivity index (χ0v) is 5.46. The van der Waals surface area contributed by atoms with Crippen LogP contribution in [0.3, 0.4) is 0 Å². The minimum absolute atomic E-state index is 0.870.